The molecular weight excluding hydrogens is 258 g/mol. The van der Waals surface area contributed by atoms with Crippen molar-refractivity contribution in [3.05, 3.63) is 28.7 Å². The summed E-state index contributed by atoms with van der Waals surface area (Å²) in [5.41, 5.74) is 5.90. The molecule has 6 nitrogen and oxygen atoms in total. The van der Waals surface area contributed by atoms with Crippen LogP contribution in [0.4, 0.5) is 5.69 Å². The van der Waals surface area contributed by atoms with Gasteiger partial charge in [-0.3, -0.25) is 9.59 Å². The first-order valence-electron chi connectivity index (χ1n) is 6.95. The lowest BCUT2D eigenvalue weighted by atomic mass is 10.1. The molecule has 2 N–H and O–H groups in total. The lowest BCUT2D eigenvalue weighted by Crippen LogP contribution is -2.45. The summed E-state index contributed by atoms with van der Waals surface area (Å²) in [5.74, 6) is -0.0675. The van der Waals surface area contributed by atoms with Crippen LogP contribution in [0.5, 0.6) is 0 Å². The third-order valence-corrected chi connectivity index (χ3v) is 3.45. The number of anilines is 1. The Morgan fingerprint density at radius 3 is 3.05 bits per heavy atom. The van der Waals surface area contributed by atoms with Crippen LogP contribution in [0, 0.1) is 0 Å². The maximum atomic E-state index is 12.3. The first kappa shape index (κ1) is 14.6. The highest BCUT2D eigenvalue weighted by molar-refractivity contribution is 5.76. The molecule has 0 spiro atoms. The molecule has 2 rings (SSSR count). The molecule has 20 heavy (non-hydrogen) atoms. The third kappa shape index (κ3) is 3.60. The molecular formula is C14H21N3O3. The molecule has 1 fully saturated rings. The molecule has 110 valence electrons. The van der Waals surface area contributed by atoms with E-state index < -0.39 is 0 Å². The number of nitrogens with zero attached hydrogens (tertiary/aromatic N) is 2. The number of rotatable bonds is 4. The minimum absolute atomic E-state index is 0.0305. The van der Waals surface area contributed by atoms with E-state index in [0.29, 0.717) is 18.8 Å². The summed E-state index contributed by atoms with van der Waals surface area (Å²) < 4.78 is 6.92. The zero-order valence-corrected chi connectivity index (χ0v) is 11.7. The number of nitrogens with two attached hydrogens (primary N) is 1. The summed E-state index contributed by atoms with van der Waals surface area (Å²) in [6.45, 7) is 3.96. The number of piperidine rings is 1. The molecule has 1 amide bonds. The van der Waals surface area contributed by atoms with Gasteiger partial charge >= 0.3 is 0 Å². The van der Waals surface area contributed by atoms with Crippen LogP contribution < -0.4 is 11.3 Å². The van der Waals surface area contributed by atoms with Crippen molar-refractivity contribution in [1.29, 1.82) is 0 Å². The fourth-order valence-electron chi connectivity index (χ4n) is 2.46. The van der Waals surface area contributed by atoms with Crippen LogP contribution in [-0.4, -0.2) is 41.2 Å². The smallest absolute Gasteiger partial charge is 0.251 e. The molecule has 1 aromatic rings. The zero-order chi connectivity index (χ0) is 14.5. The van der Waals surface area contributed by atoms with Crippen molar-refractivity contribution in [1.82, 2.24) is 9.47 Å². The molecule has 1 saturated heterocycles. The second-order valence-electron chi connectivity index (χ2n) is 4.99. The van der Waals surface area contributed by atoms with Crippen molar-refractivity contribution in [2.24, 2.45) is 0 Å². The minimum Gasteiger partial charge on any atom is -0.398 e. The SMILES string of the molecule is CCOC1CCCN(C(=O)Cn2cc(N)ccc2=O)C1. The van der Waals surface area contributed by atoms with Gasteiger partial charge < -0.3 is 19.9 Å². The maximum absolute atomic E-state index is 12.3. The average molecular weight is 279 g/mol. The molecule has 2 heterocycles. The number of ether oxygens (including phenoxy) is 1. The van der Waals surface area contributed by atoms with Gasteiger partial charge in [-0.15, -0.1) is 0 Å². The Morgan fingerprint density at radius 2 is 2.30 bits per heavy atom. The van der Waals surface area contributed by atoms with E-state index in [4.69, 9.17) is 10.5 Å². The van der Waals surface area contributed by atoms with Gasteiger partial charge in [-0.2, -0.15) is 0 Å². The number of amides is 1. The summed E-state index contributed by atoms with van der Waals surface area (Å²) in [5, 5.41) is 0. The molecule has 0 saturated carbocycles. The quantitative estimate of drug-likeness (QED) is 0.868. The molecule has 1 unspecified atom stereocenters. The van der Waals surface area contributed by atoms with E-state index in [9.17, 15) is 9.59 Å². The van der Waals surface area contributed by atoms with Crippen molar-refractivity contribution in [2.75, 3.05) is 25.4 Å². The first-order chi connectivity index (χ1) is 9.60. The summed E-state index contributed by atoms with van der Waals surface area (Å²) in [7, 11) is 0. The number of carbonyl (C=O) groups excluding carboxylic acids is 1. The molecule has 1 aliphatic heterocycles. The fraction of sp³-hybridized carbons (Fsp3) is 0.571. The van der Waals surface area contributed by atoms with Gasteiger partial charge in [0.1, 0.15) is 6.54 Å². The molecule has 0 bridgehead atoms. The predicted molar refractivity (Wildman–Crippen MR) is 76.3 cm³/mol. The second kappa shape index (κ2) is 6.56. The highest BCUT2D eigenvalue weighted by Gasteiger charge is 2.23. The van der Waals surface area contributed by atoms with Gasteiger partial charge in [-0.05, 0) is 25.8 Å². The predicted octanol–water partition coefficient (Wildman–Crippen LogP) is 0.458. The normalized spacial score (nSPS) is 19.1. The standard InChI is InChI=1S/C14H21N3O3/c1-2-20-12-4-3-7-16(9-12)14(19)10-17-8-11(15)5-6-13(17)18/h5-6,8,12H,2-4,7,9-10,15H2,1H3. The zero-order valence-electron chi connectivity index (χ0n) is 11.7. The number of likely N-dealkylation sites (tertiary alicyclic amines) is 1. The van der Waals surface area contributed by atoms with Crippen LogP contribution in [0.25, 0.3) is 0 Å². The molecule has 0 aromatic carbocycles. The van der Waals surface area contributed by atoms with Crippen molar-refractivity contribution in [2.45, 2.75) is 32.4 Å². The summed E-state index contributed by atoms with van der Waals surface area (Å²) in [4.78, 5) is 25.7. The van der Waals surface area contributed by atoms with Crippen LogP contribution in [0.1, 0.15) is 19.8 Å². The summed E-state index contributed by atoms with van der Waals surface area (Å²) in [6.07, 6.45) is 3.53. The van der Waals surface area contributed by atoms with Gasteiger partial charge in [0.25, 0.3) is 5.56 Å². The first-order valence-corrected chi connectivity index (χ1v) is 6.95. The number of pyridine rings is 1. The lowest BCUT2D eigenvalue weighted by molar-refractivity contribution is -0.135. The van der Waals surface area contributed by atoms with Crippen LogP contribution in [0.3, 0.4) is 0 Å². The van der Waals surface area contributed by atoms with E-state index in [1.54, 1.807) is 4.90 Å². The Balaban J connectivity index is 2.00. The number of aromatic nitrogens is 1. The van der Waals surface area contributed by atoms with E-state index in [1.807, 2.05) is 6.92 Å². The monoisotopic (exact) mass is 279 g/mol. The van der Waals surface area contributed by atoms with Crippen molar-refractivity contribution >= 4 is 11.6 Å². The van der Waals surface area contributed by atoms with Crippen LogP contribution in [-0.2, 0) is 16.1 Å². The molecule has 1 aliphatic rings. The number of hydrogen-bond acceptors (Lipinski definition) is 4. The van der Waals surface area contributed by atoms with E-state index in [0.717, 1.165) is 19.4 Å². The van der Waals surface area contributed by atoms with E-state index in [2.05, 4.69) is 0 Å². The van der Waals surface area contributed by atoms with Gasteiger partial charge in [-0.1, -0.05) is 0 Å². The summed E-state index contributed by atoms with van der Waals surface area (Å²) >= 11 is 0. The summed E-state index contributed by atoms with van der Waals surface area (Å²) in [6, 6.07) is 2.91. The van der Waals surface area contributed by atoms with Crippen molar-refractivity contribution in [3.8, 4) is 0 Å². The molecule has 0 radical (unpaired) electrons. The fourth-order valence-corrected chi connectivity index (χ4v) is 2.46. The van der Waals surface area contributed by atoms with Crippen molar-refractivity contribution < 1.29 is 9.53 Å². The van der Waals surface area contributed by atoms with Gasteiger partial charge in [0.05, 0.1) is 6.10 Å². The average Bonchev–Trinajstić information content (AvgIpc) is 2.43. The van der Waals surface area contributed by atoms with Gasteiger partial charge in [-0.25, -0.2) is 0 Å². The molecule has 0 aliphatic carbocycles. The Labute approximate surface area is 118 Å². The molecule has 1 atom stereocenters. The lowest BCUT2D eigenvalue weighted by Gasteiger charge is -2.32. The Kier molecular flexibility index (Phi) is 4.79. The van der Waals surface area contributed by atoms with Gasteiger partial charge in [0, 0.05) is 37.6 Å². The van der Waals surface area contributed by atoms with Crippen LogP contribution >= 0.6 is 0 Å². The second-order valence-corrected chi connectivity index (χ2v) is 4.99. The highest BCUT2D eigenvalue weighted by Crippen LogP contribution is 2.13. The van der Waals surface area contributed by atoms with Crippen molar-refractivity contribution in [3.63, 3.8) is 0 Å². The highest BCUT2D eigenvalue weighted by atomic mass is 16.5. The number of hydrogen-bond donors (Lipinski definition) is 1. The number of nitrogen functional groups attached to an aromatic ring is 1. The molecule has 1 aromatic heterocycles. The Hall–Kier alpha value is -1.82. The minimum atomic E-state index is -0.217. The van der Waals surface area contributed by atoms with Crippen LogP contribution in [0.15, 0.2) is 23.1 Å². The van der Waals surface area contributed by atoms with E-state index >= 15 is 0 Å². The van der Waals surface area contributed by atoms with E-state index in [1.165, 1.54) is 22.9 Å². The van der Waals surface area contributed by atoms with Crippen LogP contribution in [0.2, 0.25) is 0 Å². The maximum Gasteiger partial charge on any atom is 0.251 e. The van der Waals surface area contributed by atoms with E-state index in [-0.39, 0.29) is 24.1 Å². The third-order valence-electron chi connectivity index (χ3n) is 3.45. The number of carbonyl (C=O) groups is 1. The molecule has 6 heteroatoms. The topological polar surface area (TPSA) is 77.6 Å². The Bertz CT molecular complexity index is 525. The van der Waals surface area contributed by atoms with Gasteiger partial charge in [0.15, 0.2) is 0 Å². The largest absolute Gasteiger partial charge is 0.398 e. The van der Waals surface area contributed by atoms with Gasteiger partial charge in [0.2, 0.25) is 5.91 Å². The Morgan fingerprint density at radius 1 is 1.50 bits per heavy atom.